The van der Waals surface area contributed by atoms with E-state index in [2.05, 4.69) is 9.88 Å². The van der Waals surface area contributed by atoms with Gasteiger partial charge in [-0.25, -0.2) is 0 Å². The number of hydrogen-bond donors (Lipinski definition) is 1. The number of piperidine rings is 1. The van der Waals surface area contributed by atoms with Crippen molar-refractivity contribution in [3.05, 3.63) is 18.5 Å². The lowest BCUT2D eigenvalue weighted by molar-refractivity contribution is -0.124. The Morgan fingerprint density at radius 2 is 2.06 bits per heavy atom. The summed E-state index contributed by atoms with van der Waals surface area (Å²) < 4.78 is 5.33. The van der Waals surface area contributed by atoms with Crippen LogP contribution in [0.4, 0.5) is 11.4 Å². The van der Waals surface area contributed by atoms with Crippen LogP contribution < -0.4 is 10.6 Å². The molecule has 0 amide bonds. The monoisotopic (exact) mass is 219 g/mol. The molecule has 3 heterocycles. The SMILES string of the molecule is Nc1cnccc1N1CCC2(CC1)COC2. The van der Waals surface area contributed by atoms with Gasteiger partial charge in [0.2, 0.25) is 0 Å². The van der Waals surface area contributed by atoms with Crippen molar-refractivity contribution in [2.45, 2.75) is 12.8 Å². The molecule has 2 saturated heterocycles. The standard InChI is InChI=1S/C12H17N3O/c13-10-7-14-4-1-11(10)15-5-2-12(3-6-15)8-16-9-12/h1,4,7H,2-3,5-6,8-9,13H2. The molecule has 0 aliphatic carbocycles. The van der Waals surface area contributed by atoms with Gasteiger partial charge in [-0.3, -0.25) is 4.98 Å². The van der Waals surface area contributed by atoms with Gasteiger partial charge in [0.15, 0.2) is 0 Å². The van der Waals surface area contributed by atoms with Gasteiger partial charge in [0.25, 0.3) is 0 Å². The Morgan fingerprint density at radius 3 is 2.62 bits per heavy atom. The Balaban J connectivity index is 1.72. The van der Waals surface area contributed by atoms with E-state index in [9.17, 15) is 0 Å². The summed E-state index contributed by atoms with van der Waals surface area (Å²) in [4.78, 5) is 6.39. The number of ether oxygens (including phenoxy) is 1. The molecule has 3 rings (SSSR count). The summed E-state index contributed by atoms with van der Waals surface area (Å²) in [5, 5.41) is 0. The third-order valence-electron chi connectivity index (χ3n) is 3.81. The maximum absolute atomic E-state index is 5.94. The molecule has 0 unspecified atom stereocenters. The van der Waals surface area contributed by atoms with E-state index in [1.807, 2.05) is 12.3 Å². The summed E-state index contributed by atoms with van der Waals surface area (Å²) in [6.07, 6.45) is 5.97. The first-order valence-electron chi connectivity index (χ1n) is 5.81. The van der Waals surface area contributed by atoms with Gasteiger partial charge < -0.3 is 15.4 Å². The largest absolute Gasteiger partial charge is 0.396 e. The normalized spacial score (nSPS) is 23.1. The molecule has 0 aromatic carbocycles. The van der Waals surface area contributed by atoms with Gasteiger partial charge in [-0.2, -0.15) is 0 Å². The third-order valence-corrected chi connectivity index (χ3v) is 3.81. The van der Waals surface area contributed by atoms with Crippen molar-refractivity contribution >= 4 is 11.4 Å². The highest BCUT2D eigenvalue weighted by Gasteiger charge is 2.41. The van der Waals surface area contributed by atoms with Gasteiger partial charge in [-0.15, -0.1) is 0 Å². The van der Waals surface area contributed by atoms with E-state index in [1.54, 1.807) is 6.20 Å². The first kappa shape index (κ1) is 9.90. The lowest BCUT2D eigenvalue weighted by Crippen LogP contribution is -2.51. The van der Waals surface area contributed by atoms with Crippen molar-refractivity contribution in [1.82, 2.24) is 4.98 Å². The molecule has 1 aromatic rings. The number of rotatable bonds is 1. The highest BCUT2D eigenvalue weighted by molar-refractivity contribution is 5.66. The Bertz CT molecular complexity index is 380. The fourth-order valence-corrected chi connectivity index (χ4v) is 2.59. The fraction of sp³-hybridized carbons (Fsp3) is 0.583. The number of anilines is 2. The average Bonchev–Trinajstić information content (AvgIpc) is 2.28. The van der Waals surface area contributed by atoms with Crippen molar-refractivity contribution in [2.24, 2.45) is 5.41 Å². The molecule has 0 bridgehead atoms. The first-order chi connectivity index (χ1) is 7.79. The zero-order valence-corrected chi connectivity index (χ0v) is 9.35. The lowest BCUT2D eigenvalue weighted by Gasteiger charge is -2.47. The topological polar surface area (TPSA) is 51.4 Å². The summed E-state index contributed by atoms with van der Waals surface area (Å²) in [5.74, 6) is 0. The van der Waals surface area contributed by atoms with Gasteiger partial charge in [0.05, 0.1) is 30.8 Å². The molecule has 0 saturated carbocycles. The second-order valence-corrected chi connectivity index (χ2v) is 4.91. The molecular weight excluding hydrogens is 202 g/mol. The fourth-order valence-electron chi connectivity index (χ4n) is 2.59. The van der Waals surface area contributed by atoms with Crippen molar-refractivity contribution in [3.8, 4) is 0 Å². The zero-order chi connectivity index (χ0) is 11.0. The molecule has 2 aliphatic heterocycles. The Hall–Kier alpha value is -1.29. The van der Waals surface area contributed by atoms with E-state index in [-0.39, 0.29) is 0 Å². The van der Waals surface area contributed by atoms with E-state index < -0.39 is 0 Å². The van der Waals surface area contributed by atoms with Crippen LogP contribution in [-0.2, 0) is 4.74 Å². The number of nitrogens with two attached hydrogens (primary N) is 1. The Labute approximate surface area is 95.4 Å². The summed E-state index contributed by atoms with van der Waals surface area (Å²) in [6.45, 7) is 4.06. The average molecular weight is 219 g/mol. The van der Waals surface area contributed by atoms with Crippen LogP contribution >= 0.6 is 0 Å². The summed E-state index contributed by atoms with van der Waals surface area (Å²) in [5.41, 5.74) is 8.33. The molecule has 1 aromatic heterocycles. The molecule has 0 atom stereocenters. The molecule has 86 valence electrons. The van der Waals surface area contributed by atoms with Crippen LogP contribution in [0.2, 0.25) is 0 Å². The first-order valence-corrected chi connectivity index (χ1v) is 5.81. The highest BCUT2D eigenvalue weighted by atomic mass is 16.5. The summed E-state index contributed by atoms with van der Waals surface area (Å²) in [6, 6.07) is 2.00. The van der Waals surface area contributed by atoms with Crippen LogP contribution in [0.25, 0.3) is 0 Å². The maximum atomic E-state index is 5.94. The number of nitrogen functional groups attached to an aromatic ring is 1. The predicted octanol–water partition coefficient (Wildman–Crippen LogP) is 1.28. The zero-order valence-electron chi connectivity index (χ0n) is 9.35. The van der Waals surface area contributed by atoms with E-state index in [1.165, 1.54) is 12.8 Å². The van der Waals surface area contributed by atoms with E-state index in [0.29, 0.717) is 5.41 Å². The number of aromatic nitrogens is 1. The lowest BCUT2D eigenvalue weighted by atomic mass is 9.77. The summed E-state index contributed by atoms with van der Waals surface area (Å²) >= 11 is 0. The van der Waals surface area contributed by atoms with Gasteiger partial charge in [-0.05, 0) is 18.9 Å². The van der Waals surface area contributed by atoms with Crippen LogP contribution in [0.3, 0.4) is 0 Å². The minimum Gasteiger partial charge on any atom is -0.396 e. The van der Waals surface area contributed by atoms with E-state index >= 15 is 0 Å². The molecule has 2 N–H and O–H groups in total. The van der Waals surface area contributed by atoms with Crippen molar-refractivity contribution in [3.63, 3.8) is 0 Å². The van der Waals surface area contributed by atoms with Crippen LogP contribution in [-0.4, -0.2) is 31.3 Å². The quantitative estimate of drug-likeness (QED) is 0.773. The minimum atomic E-state index is 0.484. The number of hydrogen-bond acceptors (Lipinski definition) is 4. The molecular formula is C12H17N3O. The Morgan fingerprint density at radius 1 is 1.31 bits per heavy atom. The van der Waals surface area contributed by atoms with Gasteiger partial charge in [-0.1, -0.05) is 0 Å². The van der Waals surface area contributed by atoms with Crippen molar-refractivity contribution < 1.29 is 4.74 Å². The van der Waals surface area contributed by atoms with Crippen LogP contribution in [0, 0.1) is 5.41 Å². The second kappa shape index (κ2) is 3.63. The maximum Gasteiger partial charge on any atom is 0.0738 e. The van der Waals surface area contributed by atoms with Crippen molar-refractivity contribution in [1.29, 1.82) is 0 Å². The van der Waals surface area contributed by atoms with Gasteiger partial charge >= 0.3 is 0 Å². The molecule has 2 fully saturated rings. The molecule has 16 heavy (non-hydrogen) atoms. The third kappa shape index (κ3) is 1.53. The number of nitrogens with zero attached hydrogens (tertiary/aromatic N) is 2. The van der Waals surface area contributed by atoms with Gasteiger partial charge in [0, 0.05) is 24.7 Å². The Kier molecular flexibility index (Phi) is 2.24. The van der Waals surface area contributed by atoms with Crippen LogP contribution in [0.1, 0.15) is 12.8 Å². The van der Waals surface area contributed by atoms with E-state index in [0.717, 1.165) is 37.7 Å². The van der Waals surface area contributed by atoms with Crippen LogP contribution in [0.15, 0.2) is 18.5 Å². The molecule has 2 aliphatic rings. The predicted molar refractivity (Wildman–Crippen MR) is 63.3 cm³/mol. The van der Waals surface area contributed by atoms with Crippen LogP contribution in [0.5, 0.6) is 0 Å². The molecule has 1 spiro atoms. The minimum absolute atomic E-state index is 0.484. The van der Waals surface area contributed by atoms with Crippen molar-refractivity contribution in [2.75, 3.05) is 36.9 Å². The molecule has 0 radical (unpaired) electrons. The second-order valence-electron chi connectivity index (χ2n) is 4.91. The number of pyridine rings is 1. The molecule has 4 heteroatoms. The van der Waals surface area contributed by atoms with E-state index in [4.69, 9.17) is 10.5 Å². The molecule has 4 nitrogen and oxygen atoms in total. The smallest absolute Gasteiger partial charge is 0.0738 e. The highest BCUT2D eigenvalue weighted by Crippen LogP contribution is 2.40. The summed E-state index contributed by atoms with van der Waals surface area (Å²) in [7, 11) is 0. The van der Waals surface area contributed by atoms with Gasteiger partial charge in [0.1, 0.15) is 0 Å².